The van der Waals surface area contributed by atoms with Crippen molar-refractivity contribution in [2.24, 2.45) is 0 Å². The van der Waals surface area contributed by atoms with Gasteiger partial charge in [-0.15, -0.1) is 0 Å². The van der Waals surface area contributed by atoms with Crippen LogP contribution in [0.15, 0.2) is 24.3 Å². The topological polar surface area (TPSA) is 38.3 Å². The maximum absolute atomic E-state index is 12.6. The van der Waals surface area contributed by atoms with Crippen molar-refractivity contribution in [2.75, 3.05) is 18.9 Å². The van der Waals surface area contributed by atoms with Crippen molar-refractivity contribution in [3.05, 3.63) is 35.6 Å². The first kappa shape index (κ1) is 13.0. The van der Waals surface area contributed by atoms with Gasteiger partial charge in [0.25, 0.3) is 0 Å². The summed E-state index contributed by atoms with van der Waals surface area (Å²) in [6, 6.07) is 5.97. The molecule has 0 aliphatic rings. The fourth-order valence-electron chi connectivity index (χ4n) is 1.09. The Kier molecular flexibility index (Phi) is 5.88. The molecule has 0 saturated carbocycles. The molecule has 1 aromatic carbocycles. The van der Waals surface area contributed by atoms with E-state index in [4.69, 9.17) is 4.74 Å². The second-order valence-corrected chi connectivity index (χ2v) is 3.64. The average molecular weight is 243 g/mol. The molecule has 0 saturated heterocycles. The smallest absolute Gasteiger partial charge is 0.246 e. The van der Waals surface area contributed by atoms with E-state index in [1.54, 1.807) is 12.1 Å². The van der Waals surface area contributed by atoms with Crippen molar-refractivity contribution in [3.8, 4) is 0 Å². The van der Waals surface area contributed by atoms with E-state index in [0.29, 0.717) is 18.9 Å². The van der Waals surface area contributed by atoms with Crippen LogP contribution in [0.25, 0.3) is 0 Å². The summed E-state index contributed by atoms with van der Waals surface area (Å²) in [6.45, 7) is 0.835. The predicted octanol–water partition coefficient (Wildman–Crippen LogP) is 1.39. The van der Waals surface area contributed by atoms with Crippen LogP contribution in [0.3, 0.4) is 0 Å². The van der Waals surface area contributed by atoms with Gasteiger partial charge in [-0.1, -0.05) is 12.1 Å². The van der Waals surface area contributed by atoms with Crippen molar-refractivity contribution in [1.29, 1.82) is 0 Å². The van der Waals surface area contributed by atoms with Crippen molar-refractivity contribution < 1.29 is 13.9 Å². The molecule has 1 rings (SSSR count). The number of benzene rings is 1. The molecule has 0 unspecified atom stereocenters. The summed E-state index contributed by atoms with van der Waals surface area (Å²) >= 11 is 3.96. The van der Waals surface area contributed by atoms with E-state index < -0.39 is 0 Å². The van der Waals surface area contributed by atoms with Gasteiger partial charge in [0.15, 0.2) is 0 Å². The Bertz CT molecular complexity index is 329. The third-order valence-corrected chi connectivity index (χ3v) is 2.07. The van der Waals surface area contributed by atoms with Gasteiger partial charge in [0.05, 0.1) is 6.61 Å². The van der Waals surface area contributed by atoms with E-state index in [0.717, 1.165) is 5.56 Å². The molecule has 1 N–H and O–H groups in total. The van der Waals surface area contributed by atoms with Crippen LogP contribution in [-0.2, 0) is 16.1 Å². The molecular weight excluding hydrogens is 229 g/mol. The maximum atomic E-state index is 12.6. The summed E-state index contributed by atoms with van der Waals surface area (Å²) in [5.74, 6) is 0.149. The minimum Gasteiger partial charge on any atom is -0.367 e. The number of hydrogen-bond donors (Lipinski definition) is 2. The number of carbonyl (C=O) groups is 1. The molecule has 0 bridgehead atoms. The summed E-state index contributed by atoms with van der Waals surface area (Å²) in [4.78, 5) is 11.1. The van der Waals surface area contributed by atoms with Crippen molar-refractivity contribution in [3.63, 3.8) is 0 Å². The lowest BCUT2D eigenvalue weighted by Gasteiger charge is -2.05. The fourth-order valence-corrected chi connectivity index (χ4v) is 1.20. The fraction of sp³-hybridized carbons (Fsp3) is 0.364. The summed E-state index contributed by atoms with van der Waals surface area (Å²) in [5, 5.41) is 2.63. The molecule has 0 fully saturated rings. The van der Waals surface area contributed by atoms with Gasteiger partial charge in [-0.3, -0.25) is 4.79 Å². The third-order valence-electron chi connectivity index (χ3n) is 1.85. The normalized spacial score (nSPS) is 10.1. The highest BCUT2D eigenvalue weighted by atomic mass is 32.1. The van der Waals surface area contributed by atoms with Crippen LogP contribution >= 0.6 is 12.6 Å². The lowest BCUT2D eigenvalue weighted by molar-refractivity contribution is -0.125. The standard InChI is InChI=1S/C11H14FNO2S/c12-10-3-1-9(2-4-10)7-15-8-11(14)13-5-6-16/h1-4,16H,5-8H2,(H,13,14). The molecule has 1 amide bonds. The van der Waals surface area contributed by atoms with E-state index in [2.05, 4.69) is 17.9 Å². The van der Waals surface area contributed by atoms with E-state index in [9.17, 15) is 9.18 Å². The van der Waals surface area contributed by atoms with Gasteiger partial charge < -0.3 is 10.1 Å². The molecule has 1 aromatic rings. The number of hydrogen-bond acceptors (Lipinski definition) is 3. The van der Waals surface area contributed by atoms with Crippen LogP contribution in [0.4, 0.5) is 4.39 Å². The highest BCUT2D eigenvalue weighted by Gasteiger charge is 2.00. The Morgan fingerprint density at radius 1 is 1.38 bits per heavy atom. The number of nitrogens with one attached hydrogen (secondary N) is 1. The van der Waals surface area contributed by atoms with E-state index in [-0.39, 0.29) is 18.3 Å². The van der Waals surface area contributed by atoms with Gasteiger partial charge in [0.2, 0.25) is 5.91 Å². The quantitative estimate of drug-likeness (QED) is 0.741. The average Bonchev–Trinajstić information content (AvgIpc) is 2.29. The Morgan fingerprint density at radius 3 is 2.69 bits per heavy atom. The second kappa shape index (κ2) is 7.24. The largest absolute Gasteiger partial charge is 0.367 e. The molecule has 0 spiro atoms. The zero-order valence-corrected chi connectivity index (χ0v) is 9.67. The van der Waals surface area contributed by atoms with Crippen LogP contribution in [-0.4, -0.2) is 24.8 Å². The Balaban J connectivity index is 2.20. The van der Waals surface area contributed by atoms with Gasteiger partial charge in [-0.25, -0.2) is 4.39 Å². The number of carbonyl (C=O) groups excluding carboxylic acids is 1. The SMILES string of the molecule is O=C(COCc1ccc(F)cc1)NCCS. The van der Waals surface area contributed by atoms with Crippen molar-refractivity contribution in [1.82, 2.24) is 5.32 Å². The highest BCUT2D eigenvalue weighted by molar-refractivity contribution is 7.80. The predicted molar refractivity (Wildman–Crippen MR) is 62.9 cm³/mol. The molecule has 0 radical (unpaired) electrons. The van der Waals surface area contributed by atoms with Crippen LogP contribution < -0.4 is 5.32 Å². The van der Waals surface area contributed by atoms with E-state index in [1.807, 2.05) is 0 Å². The minimum atomic E-state index is -0.282. The Hall–Kier alpha value is -1.07. The summed E-state index contributed by atoms with van der Waals surface area (Å²) < 4.78 is 17.7. The molecule has 3 nitrogen and oxygen atoms in total. The van der Waals surface area contributed by atoms with Crippen LogP contribution in [0, 0.1) is 5.82 Å². The van der Waals surface area contributed by atoms with Gasteiger partial charge in [0.1, 0.15) is 12.4 Å². The van der Waals surface area contributed by atoms with E-state index in [1.165, 1.54) is 12.1 Å². The number of ether oxygens (including phenoxy) is 1. The second-order valence-electron chi connectivity index (χ2n) is 3.19. The van der Waals surface area contributed by atoms with Crippen LogP contribution in [0.1, 0.15) is 5.56 Å². The number of thiol groups is 1. The van der Waals surface area contributed by atoms with Crippen molar-refractivity contribution in [2.45, 2.75) is 6.61 Å². The first-order chi connectivity index (χ1) is 7.72. The Labute approximate surface area is 99.4 Å². The lowest BCUT2D eigenvalue weighted by atomic mass is 10.2. The molecular formula is C11H14FNO2S. The van der Waals surface area contributed by atoms with Gasteiger partial charge in [0, 0.05) is 12.3 Å². The molecule has 0 atom stereocenters. The summed E-state index contributed by atoms with van der Waals surface area (Å²) in [6.07, 6.45) is 0. The number of halogens is 1. The minimum absolute atomic E-state index is 0.00511. The molecule has 0 heterocycles. The molecule has 16 heavy (non-hydrogen) atoms. The third kappa shape index (κ3) is 5.14. The highest BCUT2D eigenvalue weighted by Crippen LogP contribution is 2.03. The van der Waals surface area contributed by atoms with Crippen LogP contribution in [0.5, 0.6) is 0 Å². The zero-order chi connectivity index (χ0) is 11.8. The molecule has 5 heteroatoms. The summed E-state index contributed by atoms with van der Waals surface area (Å²) in [7, 11) is 0. The molecule has 0 aromatic heterocycles. The number of amides is 1. The molecule has 0 aliphatic carbocycles. The zero-order valence-electron chi connectivity index (χ0n) is 8.78. The van der Waals surface area contributed by atoms with Crippen LogP contribution in [0.2, 0.25) is 0 Å². The summed E-state index contributed by atoms with van der Waals surface area (Å²) in [5.41, 5.74) is 0.836. The first-order valence-corrected chi connectivity index (χ1v) is 5.55. The van der Waals surface area contributed by atoms with Gasteiger partial charge >= 0.3 is 0 Å². The molecule has 0 aliphatic heterocycles. The lowest BCUT2D eigenvalue weighted by Crippen LogP contribution is -2.29. The van der Waals surface area contributed by atoms with Crippen molar-refractivity contribution >= 4 is 18.5 Å². The van der Waals surface area contributed by atoms with Gasteiger partial charge in [-0.2, -0.15) is 12.6 Å². The number of rotatable bonds is 6. The molecule has 88 valence electrons. The van der Waals surface area contributed by atoms with E-state index >= 15 is 0 Å². The maximum Gasteiger partial charge on any atom is 0.246 e. The Morgan fingerprint density at radius 2 is 2.06 bits per heavy atom. The first-order valence-electron chi connectivity index (χ1n) is 4.92. The monoisotopic (exact) mass is 243 g/mol. The van der Waals surface area contributed by atoms with Gasteiger partial charge in [-0.05, 0) is 17.7 Å².